The van der Waals surface area contributed by atoms with E-state index in [0.29, 0.717) is 22.9 Å². The molecule has 2 aromatic heterocycles. The van der Waals surface area contributed by atoms with Gasteiger partial charge in [0.15, 0.2) is 0 Å². The Bertz CT molecular complexity index is 3190. The molecule has 4 nitrogen and oxygen atoms in total. The Kier molecular flexibility index (Phi) is 11.9. The summed E-state index contributed by atoms with van der Waals surface area (Å²) in [6.45, 7) is 11.0. The van der Waals surface area contributed by atoms with E-state index in [1.54, 1.807) is 18.3 Å². The van der Waals surface area contributed by atoms with Crippen LogP contribution >= 0.6 is 0 Å². The Labute approximate surface area is 397 Å². The van der Waals surface area contributed by atoms with Gasteiger partial charge in [0.2, 0.25) is 0 Å². The van der Waals surface area contributed by atoms with Gasteiger partial charge in [0.1, 0.15) is 11.6 Å². The smallest absolute Gasteiger partial charge is 0.148 e. The largest absolute Gasteiger partial charge is 0.507 e. The number of para-hydroxylation sites is 1. The number of nitrogens with zero attached hydrogens (tertiary/aromatic N) is 3. The van der Waals surface area contributed by atoms with Gasteiger partial charge in [-0.15, -0.1) is 23.8 Å². The van der Waals surface area contributed by atoms with Crippen LogP contribution < -0.4 is 0 Å². The van der Waals surface area contributed by atoms with Gasteiger partial charge in [0.05, 0.1) is 22.3 Å². The zero-order valence-electron chi connectivity index (χ0n) is 40.1. The van der Waals surface area contributed by atoms with Crippen molar-refractivity contribution in [3.05, 3.63) is 192 Å². The number of aromatic hydroxyl groups is 1. The number of aromatic nitrogens is 3. The zero-order chi connectivity index (χ0) is 46.3. The quantitative estimate of drug-likeness (QED) is 0.131. The molecule has 0 aliphatic rings. The molecule has 0 spiro atoms. The van der Waals surface area contributed by atoms with Gasteiger partial charge in [-0.25, -0.2) is 4.98 Å². The van der Waals surface area contributed by atoms with E-state index in [1.807, 2.05) is 48.5 Å². The van der Waals surface area contributed by atoms with E-state index in [1.165, 1.54) is 5.56 Å². The molecule has 5 heteroatoms. The Morgan fingerprint density at radius 2 is 1.31 bits per heavy atom. The van der Waals surface area contributed by atoms with Crippen LogP contribution in [-0.2, 0) is 27.5 Å². The molecule has 0 saturated heterocycles. The first kappa shape index (κ1) is 40.4. The molecule has 1 N–H and O–H groups in total. The molecular weight excluding hydrogens is 962 g/mol. The topological polar surface area (TPSA) is 50.9 Å². The molecular formula is C59H54N3OPt-. The molecule has 0 saturated carbocycles. The molecule has 9 aromatic rings. The van der Waals surface area contributed by atoms with Gasteiger partial charge in [-0.3, -0.25) is 9.55 Å². The fourth-order valence-corrected chi connectivity index (χ4v) is 8.66. The number of hydrogen-bond acceptors (Lipinski definition) is 3. The standard InChI is InChI=1S/C59H54N3O.Pt/c1-37(2)29-41-23-26-55(52(30-41)44-17-12-9-13-18-44)62-56-20-14-19-50(57(56)61-59(62)53-35-46(38(3)4)34-51(39(5)6)58(53)63)48-31-47(42-15-10-8-11-16-42)32-49(33-48)54-36-45(27-28-60-54)43-24-21-40(7)22-25-43;/h8-28,30-32,34-39,63H,29H2,1-7H3;/q-1;/i7D3;. The number of pyridine rings is 1. The Morgan fingerprint density at radius 1 is 0.609 bits per heavy atom. The SMILES string of the molecule is [2H]C([2H])([2H])c1ccc(-c2ccnc(-c3[c-]c(-c4cccc5c4nc(-c4cc(C(C)C)cc(C(C)C)c4O)n5-c4ccc(CC(C)C)cc4-c4ccccc4)cc(-c4ccccc4)c3)c2)cc1.[Pt]. The zero-order valence-corrected chi connectivity index (χ0v) is 39.4. The first-order valence-electron chi connectivity index (χ1n) is 23.5. The van der Waals surface area contributed by atoms with Gasteiger partial charge in [-0.05, 0) is 100 Å². The van der Waals surface area contributed by atoms with Crippen LogP contribution in [0.1, 0.15) is 79.7 Å². The van der Waals surface area contributed by atoms with E-state index in [2.05, 4.69) is 149 Å². The minimum Gasteiger partial charge on any atom is -0.507 e. The third-order valence-electron chi connectivity index (χ3n) is 11.9. The maximum Gasteiger partial charge on any atom is 0.148 e. The fourth-order valence-electron chi connectivity index (χ4n) is 8.66. The number of phenolic OH excluding ortho intramolecular Hbond substituents is 1. The normalized spacial score (nSPS) is 12.4. The first-order valence-corrected chi connectivity index (χ1v) is 22.0. The van der Waals surface area contributed by atoms with Crippen molar-refractivity contribution >= 4 is 11.0 Å². The summed E-state index contributed by atoms with van der Waals surface area (Å²) >= 11 is 0. The number of aryl methyl sites for hydroxylation is 1. The molecule has 0 unspecified atom stereocenters. The number of hydrogen-bond donors (Lipinski definition) is 1. The molecule has 0 bridgehead atoms. The maximum absolute atomic E-state index is 12.3. The van der Waals surface area contributed by atoms with Crippen molar-refractivity contribution in [3.8, 4) is 78.6 Å². The van der Waals surface area contributed by atoms with Crippen LogP contribution in [0.3, 0.4) is 0 Å². The summed E-state index contributed by atoms with van der Waals surface area (Å²) in [5.74, 6) is 1.69. The van der Waals surface area contributed by atoms with E-state index >= 15 is 0 Å². The van der Waals surface area contributed by atoms with Crippen molar-refractivity contribution in [1.29, 1.82) is 0 Å². The van der Waals surface area contributed by atoms with E-state index in [4.69, 9.17) is 14.1 Å². The molecule has 0 atom stereocenters. The van der Waals surface area contributed by atoms with E-state index in [-0.39, 0.29) is 38.7 Å². The Morgan fingerprint density at radius 3 is 2.00 bits per heavy atom. The summed E-state index contributed by atoms with van der Waals surface area (Å²) in [7, 11) is 0. The van der Waals surface area contributed by atoms with Crippen molar-refractivity contribution in [3.63, 3.8) is 0 Å². The second-order valence-corrected chi connectivity index (χ2v) is 17.6. The van der Waals surface area contributed by atoms with Gasteiger partial charge < -0.3 is 5.11 Å². The number of phenols is 1. The summed E-state index contributed by atoms with van der Waals surface area (Å²) in [5, 5.41) is 12.3. The van der Waals surface area contributed by atoms with Crippen molar-refractivity contribution < 1.29 is 30.3 Å². The van der Waals surface area contributed by atoms with Crippen LogP contribution in [0.4, 0.5) is 0 Å². The average Bonchev–Trinajstić information content (AvgIpc) is 3.71. The van der Waals surface area contributed by atoms with Crippen molar-refractivity contribution in [2.75, 3.05) is 0 Å². The van der Waals surface area contributed by atoms with Crippen LogP contribution in [0.5, 0.6) is 5.75 Å². The summed E-state index contributed by atoms with van der Waals surface area (Å²) in [6.07, 6.45) is 2.74. The van der Waals surface area contributed by atoms with Gasteiger partial charge >= 0.3 is 0 Å². The van der Waals surface area contributed by atoms with E-state index < -0.39 is 6.85 Å². The van der Waals surface area contributed by atoms with Crippen LogP contribution in [0.2, 0.25) is 0 Å². The molecule has 0 aliphatic carbocycles. The van der Waals surface area contributed by atoms with E-state index in [9.17, 15) is 5.11 Å². The van der Waals surface area contributed by atoms with Crippen molar-refractivity contribution in [2.24, 2.45) is 5.92 Å². The molecule has 322 valence electrons. The number of rotatable bonds is 11. The molecule has 0 fully saturated rings. The summed E-state index contributed by atoms with van der Waals surface area (Å²) in [4.78, 5) is 10.5. The Balaban J connectivity index is 0.00000608. The molecule has 2 heterocycles. The second kappa shape index (κ2) is 18.8. The van der Waals surface area contributed by atoms with Gasteiger partial charge in [-0.1, -0.05) is 179 Å². The third kappa shape index (κ3) is 8.90. The summed E-state index contributed by atoms with van der Waals surface area (Å²) in [5.41, 5.74) is 16.3. The molecule has 64 heavy (non-hydrogen) atoms. The predicted molar refractivity (Wildman–Crippen MR) is 263 cm³/mol. The molecule has 9 rings (SSSR count). The fraction of sp³-hybridized carbons (Fsp3) is 0.186. The summed E-state index contributed by atoms with van der Waals surface area (Å²) in [6, 6.07) is 57.3. The first-order chi connectivity index (χ1) is 31.7. The van der Waals surface area contributed by atoms with Gasteiger partial charge in [0.25, 0.3) is 0 Å². The number of benzene rings is 7. The predicted octanol–water partition coefficient (Wildman–Crippen LogP) is 15.7. The maximum atomic E-state index is 12.3. The van der Waals surface area contributed by atoms with Crippen LogP contribution in [0.15, 0.2) is 164 Å². The van der Waals surface area contributed by atoms with Gasteiger partial charge in [0, 0.05) is 42.6 Å². The summed E-state index contributed by atoms with van der Waals surface area (Å²) < 4.78 is 25.8. The van der Waals surface area contributed by atoms with Gasteiger partial charge in [-0.2, -0.15) is 0 Å². The van der Waals surface area contributed by atoms with Crippen LogP contribution in [0.25, 0.3) is 83.9 Å². The minimum absolute atomic E-state index is 0. The second-order valence-electron chi connectivity index (χ2n) is 17.6. The molecule has 0 amide bonds. The number of fused-ring (bicyclic) bond motifs is 1. The average molecular weight is 1020 g/mol. The minimum atomic E-state index is -2.18. The molecule has 0 aliphatic heterocycles. The molecule has 7 aromatic carbocycles. The monoisotopic (exact) mass is 1020 g/mol. The Hall–Kier alpha value is -6.35. The number of imidazole rings is 1. The van der Waals surface area contributed by atoms with E-state index in [0.717, 1.165) is 90.0 Å². The van der Waals surface area contributed by atoms with Crippen molar-refractivity contribution in [1.82, 2.24) is 14.5 Å². The van der Waals surface area contributed by atoms with Crippen LogP contribution in [-0.4, -0.2) is 19.6 Å². The van der Waals surface area contributed by atoms with Crippen LogP contribution in [0, 0.1) is 18.8 Å². The third-order valence-corrected chi connectivity index (χ3v) is 11.9. The molecule has 0 radical (unpaired) electrons. The van der Waals surface area contributed by atoms with Crippen molar-refractivity contribution in [2.45, 2.75) is 66.7 Å².